The van der Waals surface area contributed by atoms with Gasteiger partial charge in [-0.15, -0.1) is 11.3 Å². The molecule has 0 saturated heterocycles. The third-order valence-corrected chi connectivity index (χ3v) is 4.57. The Hall–Kier alpha value is -2.46. The van der Waals surface area contributed by atoms with Crippen LogP contribution in [0.4, 0.5) is 10.9 Å². The van der Waals surface area contributed by atoms with Crippen LogP contribution in [-0.4, -0.2) is 11.1 Å². The molecule has 3 rings (SSSR count). The first-order chi connectivity index (χ1) is 10.2. The Morgan fingerprint density at radius 1 is 1.43 bits per heavy atom. The van der Waals surface area contributed by atoms with Crippen molar-refractivity contribution in [2.75, 3.05) is 0 Å². The molecule has 0 saturated carbocycles. The number of fused-ring (bicyclic) bond motifs is 1. The van der Waals surface area contributed by atoms with Gasteiger partial charge in [0.25, 0.3) is 0 Å². The maximum Gasteiger partial charge on any atom is 0.433 e. The average Bonchev–Trinajstić information content (AvgIpc) is 3.09. The molecule has 1 aliphatic carbocycles. The molecule has 2 heterocycles. The van der Waals surface area contributed by atoms with E-state index >= 15 is 0 Å². The molecule has 0 bridgehead atoms. The lowest BCUT2D eigenvalue weighted by Crippen LogP contribution is -1.99. The second kappa shape index (κ2) is 5.50. The summed E-state index contributed by atoms with van der Waals surface area (Å²) in [5.41, 5.74) is 1.75. The van der Waals surface area contributed by atoms with Crippen LogP contribution in [-0.2, 0) is 12.8 Å². The van der Waals surface area contributed by atoms with Gasteiger partial charge in [-0.05, 0) is 37.3 Å². The molecular weight excluding hydrogens is 290 g/mol. The van der Waals surface area contributed by atoms with Gasteiger partial charge in [0.2, 0.25) is 0 Å². The van der Waals surface area contributed by atoms with Crippen LogP contribution >= 0.6 is 11.3 Å². The number of nitro groups is 1. The quantitative estimate of drug-likeness (QED) is 0.490. The van der Waals surface area contributed by atoms with Crippen molar-refractivity contribution in [1.29, 1.82) is 5.26 Å². The lowest BCUT2D eigenvalue weighted by Gasteiger charge is -2.09. The highest BCUT2D eigenvalue weighted by Crippen LogP contribution is 2.39. The lowest BCUT2D eigenvalue weighted by molar-refractivity contribution is -0.402. The second-order valence-corrected chi connectivity index (χ2v) is 5.78. The highest BCUT2D eigenvalue weighted by Gasteiger charge is 2.20. The van der Waals surface area contributed by atoms with E-state index in [0.29, 0.717) is 16.3 Å². The molecular formula is C14H11N3O3S. The number of nitriles is 1. The van der Waals surface area contributed by atoms with E-state index < -0.39 is 4.92 Å². The van der Waals surface area contributed by atoms with Gasteiger partial charge in [-0.25, -0.2) is 4.99 Å². The van der Waals surface area contributed by atoms with Crippen molar-refractivity contribution < 1.29 is 9.34 Å². The number of aliphatic imine (C=N–C) groups is 1. The Morgan fingerprint density at radius 2 is 2.24 bits per heavy atom. The van der Waals surface area contributed by atoms with Crippen LogP contribution in [0.15, 0.2) is 21.5 Å². The number of rotatable bonds is 3. The molecule has 1 aliphatic rings. The fourth-order valence-corrected chi connectivity index (χ4v) is 3.57. The van der Waals surface area contributed by atoms with Gasteiger partial charge in [-0.3, -0.25) is 10.1 Å². The van der Waals surface area contributed by atoms with Crippen molar-refractivity contribution in [2.24, 2.45) is 4.99 Å². The molecule has 6 nitrogen and oxygen atoms in total. The van der Waals surface area contributed by atoms with Crippen LogP contribution in [0, 0.1) is 21.4 Å². The van der Waals surface area contributed by atoms with Crippen molar-refractivity contribution >= 4 is 28.4 Å². The fraction of sp³-hybridized carbons (Fsp3) is 0.286. The molecule has 0 spiro atoms. The van der Waals surface area contributed by atoms with Crippen LogP contribution < -0.4 is 0 Å². The second-order valence-electron chi connectivity index (χ2n) is 4.69. The van der Waals surface area contributed by atoms with Gasteiger partial charge < -0.3 is 4.42 Å². The zero-order valence-electron chi connectivity index (χ0n) is 11.0. The summed E-state index contributed by atoms with van der Waals surface area (Å²) in [7, 11) is 0. The minimum absolute atomic E-state index is 0.303. The average molecular weight is 301 g/mol. The van der Waals surface area contributed by atoms with E-state index in [0.717, 1.165) is 31.2 Å². The van der Waals surface area contributed by atoms with Crippen molar-refractivity contribution in [3.63, 3.8) is 0 Å². The van der Waals surface area contributed by atoms with Crippen LogP contribution in [0.25, 0.3) is 0 Å². The van der Waals surface area contributed by atoms with Crippen LogP contribution in [0.5, 0.6) is 0 Å². The van der Waals surface area contributed by atoms with Gasteiger partial charge in [0, 0.05) is 4.88 Å². The molecule has 21 heavy (non-hydrogen) atoms. The summed E-state index contributed by atoms with van der Waals surface area (Å²) in [5, 5.41) is 20.5. The van der Waals surface area contributed by atoms with E-state index in [1.807, 2.05) is 0 Å². The van der Waals surface area contributed by atoms with Crippen molar-refractivity contribution in [3.8, 4) is 6.07 Å². The Bertz CT molecular complexity index is 767. The predicted molar refractivity (Wildman–Crippen MR) is 78.3 cm³/mol. The van der Waals surface area contributed by atoms with Crippen LogP contribution in [0.2, 0.25) is 0 Å². The van der Waals surface area contributed by atoms with E-state index in [1.165, 1.54) is 34.6 Å². The molecule has 106 valence electrons. The summed E-state index contributed by atoms with van der Waals surface area (Å²) >= 11 is 1.52. The molecule has 0 aromatic carbocycles. The summed E-state index contributed by atoms with van der Waals surface area (Å²) in [6.07, 6.45) is 5.59. The number of furan rings is 1. The predicted octanol–water partition coefficient (Wildman–Crippen LogP) is 3.75. The molecule has 0 unspecified atom stereocenters. The number of hydrogen-bond donors (Lipinski definition) is 0. The summed E-state index contributed by atoms with van der Waals surface area (Å²) in [4.78, 5) is 15.5. The molecule has 0 amide bonds. The first-order valence-corrected chi connectivity index (χ1v) is 7.33. The highest BCUT2D eigenvalue weighted by molar-refractivity contribution is 7.16. The maximum absolute atomic E-state index is 10.5. The van der Waals surface area contributed by atoms with E-state index in [1.54, 1.807) is 0 Å². The molecule has 0 aliphatic heterocycles. The van der Waals surface area contributed by atoms with Crippen LogP contribution in [0.1, 0.15) is 34.6 Å². The highest BCUT2D eigenvalue weighted by atomic mass is 32.1. The minimum atomic E-state index is -0.595. The number of hydrogen-bond acceptors (Lipinski definition) is 6. The summed E-state index contributed by atoms with van der Waals surface area (Å²) in [6.45, 7) is 0. The molecule has 7 heteroatoms. The Balaban J connectivity index is 1.90. The standard InChI is InChI=1S/C14H11N3O3S/c15-7-11-10-3-1-2-4-12(10)21-14(11)16-8-9-5-6-13(20-9)17(18)19/h5-6,8H,1-4H2/b16-8+. The normalized spacial score (nSPS) is 14.0. The summed E-state index contributed by atoms with van der Waals surface area (Å²) in [5.74, 6) is -0.0145. The van der Waals surface area contributed by atoms with Gasteiger partial charge in [0.1, 0.15) is 16.0 Å². The smallest absolute Gasteiger partial charge is 0.400 e. The van der Waals surface area contributed by atoms with Gasteiger partial charge in [-0.2, -0.15) is 5.26 Å². The van der Waals surface area contributed by atoms with Crippen molar-refractivity contribution in [1.82, 2.24) is 0 Å². The molecule has 2 aromatic heterocycles. The Kier molecular flexibility index (Phi) is 3.54. The fourth-order valence-electron chi connectivity index (χ4n) is 2.39. The molecule has 0 N–H and O–H groups in total. The first-order valence-electron chi connectivity index (χ1n) is 6.52. The van der Waals surface area contributed by atoms with Gasteiger partial charge in [-0.1, -0.05) is 0 Å². The van der Waals surface area contributed by atoms with Gasteiger partial charge >= 0.3 is 5.88 Å². The third-order valence-electron chi connectivity index (χ3n) is 3.37. The topological polar surface area (TPSA) is 92.4 Å². The maximum atomic E-state index is 10.5. The third kappa shape index (κ3) is 2.58. The van der Waals surface area contributed by atoms with Crippen molar-refractivity contribution in [3.05, 3.63) is 44.0 Å². The first kappa shape index (κ1) is 13.5. The zero-order valence-corrected chi connectivity index (χ0v) is 11.9. The van der Waals surface area contributed by atoms with Crippen molar-refractivity contribution in [2.45, 2.75) is 25.7 Å². The SMILES string of the molecule is N#Cc1c(/N=C/c2ccc([N+](=O)[O-])o2)sc2c1CCCC2. The Morgan fingerprint density at radius 3 is 2.95 bits per heavy atom. The zero-order chi connectivity index (χ0) is 14.8. The number of thiophene rings is 1. The monoisotopic (exact) mass is 301 g/mol. The minimum Gasteiger partial charge on any atom is -0.400 e. The van der Waals surface area contributed by atoms with Gasteiger partial charge in [0.05, 0.1) is 17.8 Å². The molecule has 0 atom stereocenters. The van der Waals surface area contributed by atoms with E-state index in [-0.39, 0.29) is 5.88 Å². The van der Waals surface area contributed by atoms with Crippen LogP contribution in [0.3, 0.4) is 0 Å². The van der Waals surface area contributed by atoms with E-state index in [9.17, 15) is 15.4 Å². The molecule has 0 radical (unpaired) electrons. The summed E-state index contributed by atoms with van der Waals surface area (Å²) in [6, 6.07) is 4.99. The van der Waals surface area contributed by atoms with E-state index in [4.69, 9.17) is 4.42 Å². The number of aryl methyl sites for hydroxylation is 1. The Labute approximate surface area is 124 Å². The van der Waals surface area contributed by atoms with E-state index in [2.05, 4.69) is 11.1 Å². The largest absolute Gasteiger partial charge is 0.433 e. The lowest BCUT2D eigenvalue weighted by atomic mass is 9.96. The molecule has 2 aromatic rings. The summed E-state index contributed by atoms with van der Waals surface area (Å²) < 4.78 is 5.02. The number of nitrogens with zero attached hydrogens (tertiary/aromatic N) is 3. The van der Waals surface area contributed by atoms with Gasteiger partial charge in [0.15, 0.2) is 5.76 Å². The molecule has 0 fully saturated rings.